The van der Waals surface area contributed by atoms with Crippen LogP contribution in [0, 0.1) is 29.3 Å². The van der Waals surface area contributed by atoms with Crippen LogP contribution in [0.5, 0.6) is 0 Å². The van der Waals surface area contributed by atoms with Crippen molar-refractivity contribution in [2.24, 2.45) is 0 Å². The van der Waals surface area contributed by atoms with Crippen molar-refractivity contribution in [3.05, 3.63) is 29.3 Å². The number of hydrogen-bond acceptors (Lipinski definition) is 3. The largest absolute Gasteiger partial charge is 0.542 e. The summed E-state index contributed by atoms with van der Waals surface area (Å²) in [6.45, 7) is 0. The van der Waals surface area contributed by atoms with E-state index in [1.165, 1.54) is 6.07 Å². The highest BCUT2D eigenvalue weighted by Crippen LogP contribution is 2.17. The van der Waals surface area contributed by atoms with Crippen molar-refractivity contribution in [1.29, 1.82) is 0 Å². The van der Waals surface area contributed by atoms with Gasteiger partial charge in [0.2, 0.25) is 0 Å². The van der Waals surface area contributed by atoms with Crippen molar-refractivity contribution < 1.29 is 30.8 Å². The van der Waals surface area contributed by atoms with E-state index in [1.54, 1.807) is 0 Å². The van der Waals surface area contributed by atoms with Crippen LogP contribution in [-0.2, 0) is 13.3 Å². The van der Waals surface area contributed by atoms with E-state index < -0.39 is 37.3 Å². The van der Waals surface area contributed by atoms with Crippen LogP contribution in [0.2, 0.25) is 0 Å². The Morgan fingerprint density at radius 3 is 1.47 bits per heavy atom. The van der Waals surface area contributed by atoms with E-state index in [0.29, 0.717) is 0 Å². The second-order valence-electron chi connectivity index (χ2n) is 2.92. The highest BCUT2D eigenvalue weighted by molar-refractivity contribution is 6.75. The molecule has 3 nitrogen and oxygen atoms in total. The molecule has 0 aliphatic carbocycles. The second-order valence-corrected chi connectivity index (χ2v) is 5.76. The van der Waals surface area contributed by atoms with Crippen LogP contribution in [0.4, 0.5) is 17.6 Å². The van der Waals surface area contributed by atoms with E-state index in [2.05, 4.69) is 0 Å². The van der Waals surface area contributed by atoms with Crippen molar-refractivity contribution in [3.8, 4) is 0 Å². The summed E-state index contributed by atoms with van der Waals surface area (Å²) < 4.78 is 67.2. The molecule has 1 radical (unpaired) electrons. The predicted octanol–water partition coefficient (Wildman–Crippen LogP) is 1.13. The maximum Gasteiger partial charge on any atom is 0.542 e. The van der Waals surface area contributed by atoms with Crippen LogP contribution < -0.4 is 5.19 Å². The molecule has 0 N–H and O–H groups in total. The first-order valence-corrected chi connectivity index (χ1v) is 6.07. The minimum Gasteiger partial charge on any atom is -0.373 e. The molecule has 0 saturated heterocycles. The molecular formula is C9H9F4O3Si. The maximum absolute atomic E-state index is 13.5. The first-order chi connectivity index (χ1) is 7.93. The van der Waals surface area contributed by atoms with E-state index in [0.717, 1.165) is 21.3 Å². The molecule has 1 rings (SSSR count). The Kier molecular flexibility index (Phi) is 4.25. The van der Waals surface area contributed by atoms with Crippen molar-refractivity contribution in [2.45, 2.75) is 0 Å². The molecule has 0 aliphatic heterocycles. The molecule has 0 bridgehead atoms. The lowest BCUT2D eigenvalue weighted by atomic mass is 10.3. The van der Waals surface area contributed by atoms with Crippen LogP contribution in [-0.4, -0.2) is 30.1 Å². The lowest BCUT2D eigenvalue weighted by Crippen LogP contribution is -2.58. The van der Waals surface area contributed by atoms with E-state index in [4.69, 9.17) is 13.3 Å². The fourth-order valence-electron chi connectivity index (χ4n) is 1.35. The number of rotatable bonds is 4. The Morgan fingerprint density at radius 1 is 0.824 bits per heavy atom. The summed E-state index contributed by atoms with van der Waals surface area (Å²) in [7, 11) is -0.815. The number of benzene rings is 1. The number of halogens is 4. The van der Waals surface area contributed by atoms with E-state index >= 15 is 0 Å². The first kappa shape index (κ1) is 14.1. The van der Waals surface area contributed by atoms with Gasteiger partial charge < -0.3 is 13.3 Å². The Hall–Kier alpha value is -0.963. The minimum absolute atomic E-state index is 1.02. The van der Waals surface area contributed by atoms with Gasteiger partial charge in [-0.2, -0.15) is 0 Å². The van der Waals surface area contributed by atoms with Crippen molar-refractivity contribution in [2.75, 3.05) is 21.3 Å². The van der Waals surface area contributed by atoms with Crippen LogP contribution >= 0.6 is 0 Å². The molecule has 17 heavy (non-hydrogen) atoms. The van der Waals surface area contributed by atoms with Crippen molar-refractivity contribution in [3.63, 3.8) is 0 Å². The van der Waals surface area contributed by atoms with Gasteiger partial charge in [-0.05, 0) is 0 Å². The van der Waals surface area contributed by atoms with Crippen LogP contribution in [0.25, 0.3) is 0 Å². The monoisotopic (exact) mass is 269 g/mol. The molecule has 0 amide bonds. The summed E-state index contributed by atoms with van der Waals surface area (Å²) in [6, 6.07) is 1.26. The average molecular weight is 269 g/mol. The lowest BCUT2D eigenvalue weighted by Gasteiger charge is -2.25. The molecule has 0 atom stereocenters. The zero-order valence-corrected chi connectivity index (χ0v) is 10.2. The molecule has 0 aliphatic rings. The fraction of sp³-hybridized carbons (Fsp3) is 0.333. The third-order valence-electron chi connectivity index (χ3n) is 2.16. The normalized spacial score (nSPS) is 11.9. The molecule has 1 aromatic rings. The van der Waals surface area contributed by atoms with Gasteiger partial charge in [-0.15, -0.1) is 0 Å². The summed E-state index contributed by atoms with van der Waals surface area (Å²) in [4.78, 5) is 0. The third kappa shape index (κ3) is 2.21. The molecule has 0 saturated carbocycles. The van der Waals surface area contributed by atoms with Crippen molar-refractivity contribution >= 4 is 14.0 Å². The Bertz CT molecular complexity index is 389. The van der Waals surface area contributed by atoms with Gasteiger partial charge in [0.25, 0.3) is 0 Å². The third-order valence-corrected chi connectivity index (χ3v) is 4.82. The molecule has 0 fully saturated rings. The highest BCUT2D eigenvalue weighted by atomic mass is 28.4. The molecule has 1 aromatic carbocycles. The van der Waals surface area contributed by atoms with Gasteiger partial charge in [0, 0.05) is 21.3 Å². The average Bonchev–Trinajstić information content (AvgIpc) is 2.33. The quantitative estimate of drug-likeness (QED) is 0.466. The van der Waals surface area contributed by atoms with Gasteiger partial charge in [-0.3, -0.25) is 0 Å². The van der Waals surface area contributed by atoms with E-state index in [9.17, 15) is 17.6 Å². The Balaban J connectivity index is 3.58. The Morgan fingerprint density at radius 2 is 1.18 bits per heavy atom. The predicted molar refractivity (Wildman–Crippen MR) is 51.5 cm³/mol. The second kappa shape index (κ2) is 5.13. The maximum atomic E-state index is 13.5. The van der Waals surface area contributed by atoms with Gasteiger partial charge in [-0.1, -0.05) is 0 Å². The highest BCUT2D eigenvalue weighted by Gasteiger charge is 2.48. The van der Waals surface area contributed by atoms with Crippen LogP contribution in [0.3, 0.4) is 0 Å². The van der Waals surface area contributed by atoms with Crippen LogP contribution in [0.15, 0.2) is 0 Å². The topological polar surface area (TPSA) is 27.7 Å². The van der Waals surface area contributed by atoms with E-state index in [-0.39, 0.29) is 0 Å². The van der Waals surface area contributed by atoms with E-state index in [1.807, 2.05) is 0 Å². The molecule has 0 unspecified atom stereocenters. The SMILES string of the molecule is CO[Si](OC)(OC)c1c(F)c(F)[c]c(F)c1F. The minimum atomic E-state index is -4.00. The molecule has 8 heteroatoms. The molecule has 0 spiro atoms. The van der Waals surface area contributed by atoms with Crippen molar-refractivity contribution in [1.82, 2.24) is 0 Å². The summed E-state index contributed by atoms with van der Waals surface area (Å²) in [5.74, 6) is -6.61. The molecular weight excluding hydrogens is 260 g/mol. The first-order valence-electron chi connectivity index (χ1n) is 4.34. The zero-order chi connectivity index (χ0) is 13.2. The summed E-state index contributed by atoms with van der Waals surface area (Å²) >= 11 is 0. The standard InChI is InChI=1S/C9H9F4O3Si/c1-14-17(15-2,16-3)9-7(12)5(10)4-6(11)8(9)13/h1-3H3. The summed E-state index contributed by atoms with van der Waals surface area (Å²) in [5, 5.41) is -1.02. The molecule has 95 valence electrons. The van der Waals surface area contributed by atoms with Gasteiger partial charge >= 0.3 is 8.80 Å². The van der Waals surface area contributed by atoms with Gasteiger partial charge in [0.05, 0.1) is 11.3 Å². The number of hydrogen-bond donors (Lipinski definition) is 0. The Labute approximate surface area is 96.3 Å². The molecule has 0 heterocycles. The fourth-order valence-corrected chi connectivity index (χ4v) is 3.22. The van der Waals surface area contributed by atoms with Gasteiger partial charge in [-0.25, -0.2) is 17.6 Å². The van der Waals surface area contributed by atoms with Gasteiger partial charge in [0.15, 0.2) is 23.3 Å². The lowest BCUT2D eigenvalue weighted by molar-refractivity contribution is 0.138. The zero-order valence-electron chi connectivity index (χ0n) is 9.24. The van der Waals surface area contributed by atoms with Gasteiger partial charge in [0.1, 0.15) is 0 Å². The van der Waals surface area contributed by atoms with Crippen LogP contribution in [0.1, 0.15) is 0 Å². The molecule has 0 aromatic heterocycles. The summed E-state index contributed by atoms with van der Waals surface area (Å²) in [6.07, 6.45) is 0. The summed E-state index contributed by atoms with van der Waals surface area (Å²) in [5.41, 5.74) is 0. The smallest absolute Gasteiger partial charge is 0.373 e.